The fraction of sp³-hybridized carbons (Fsp3) is 0.222. The van der Waals surface area contributed by atoms with Gasteiger partial charge in [0.05, 0.1) is 4.92 Å². The Morgan fingerprint density at radius 2 is 2.47 bits per heavy atom. The molecule has 0 aliphatic heterocycles. The monoisotopic (exact) mass is 209 g/mol. The molecular formula is C9H11N3O3. The number of hydrogen-bond donors (Lipinski definition) is 2. The molecule has 1 aromatic rings. The van der Waals surface area contributed by atoms with E-state index in [1.165, 1.54) is 13.1 Å². The van der Waals surface area contributed by atoms with Gasteiger partial charge in [0.2, 0.25) is 0 Å². The predicted octanol–water partition coefficient (Wildman–Crippen LogP) is 1.01. The summed E-state index contributed by atoms with van der Waals surface area (Å²) in [5.41, 5.74) is 0.348. The molecular weight excluding hydrogens is 198 g/mol. The molecule has 0 saturated heterocycles. The number of H-pyrrole nitrogens is 1. The molecule has 1 heterocycles. The third-order valence-corrected chi connectivity index (χ3v) is 1.87. The number of allylic oxidation sites excluding steroid dienone is 1. The van der Waals surface area contributed by atoms with Gasteiger partial charge in [0.1, 0.15) is 0 Å². The Morgan fingerprint density at radius 1 is 1.80 bits per heavy atom. The largest absolute Gasteiger partial charge is 0.354 e. The Hall–Kier alpha value is -2.11. The second kappa shape index (κ2) is 4.41. The highest BCUT2D eigenvalue weighted by Crippen LogP contribution is 2.20. The van der Waals surface area contributed by atoms with Crippen molar-refractivity contribution in [2.24, 2.45) is 0 Å². The van der Waals surface area contributed by atoms with Crippen LogP contribution < -0.4 is 5.32 Å². The summed E-state index contributed by atoms with van der Waals surface area (Å²) in [6, 6.07) is 1.34. The van der Waals surface area contributed by atoms with Crippen LogP contribution in [0.5, 0.6) is 0 Å². The lowest BCUT2D eigenvalue weighted by Crippen LogP contribution is -2.19. The number of aromatic nitrogens is 1. The molecule has 1 aromatic heterocycles. The Bertz CT molecular complexity index is 409. The Labute approximate surface area is 86.1 Å². The van der Waals surface area contributed by atoms with Gasteiger partial charge in [-0.25, -0.2) is 0 Å². The number of carbonyl (C=O) groups is 1. The van der Waals surface area contributed by atoms with Crippen LogP contribution in [0.1, 0.15) is 16.2 Å². The molecule has 15 heavy (non-hydrogen) atoms. The molecule has 0 aliphatic carbocycles. The van der Waals surface area contributed by atoms with Gasteiger partial charge in [-0.05, 0) is 0 Å². The topological polar surface area (TPSA) is 88.0 Å². The van der Waals surface area contributed by atoms with Crippen molar-refractivity contribution in [2.45, 2.75) is 6.42 Å². The van der Waals surface area contributed by atoms with E-state index in [-0.39, 0.29) is 11.4 Å². The summed E-state index contributed by atoms with van der Waals surface area (Å²) in [4.78, 5) is 24.0. The van der Waals surface area contributed by atoms with E-state index < -0.39 is 10.8 Å². The maximum absolute atomic E-state index is 11.3. The van der Waals surface area contributed by atoms with Crippen molar-refractivity contribution in [1.82, 2.24) is 10.3 Å². The fourth-order valence-corrected chi connectivity index (χ4v) is 1.21. The molecule has 6 nitrogen and oxygen atoms in total. The van der Waals surface area contributed by atoms with E-state index in [2.05, 4.69) is 16.9 Å². The van der Waals surface area contributed by atoms with E-state index in [9.17, 15) is 14.9 Å². The first-order chi connectivity index (χ1) is 7.10. The first-order valence-electron chi connectivity index (χ1n) is 4.29. The Kier molecular flexibility index (Phi) is 3.22. The van der Waals surface area contributed by atoms with Gasteiger partial charge >= 0.3 is 0 Å². The highest BCUT2D eigenvalue weighted by molar-refractivity contribution is 5.96. The summed E-state index contributed by atoms with van der Waals surface area (Å²) in [7, 11) is 1.42. The maximum atomic E-state index is 11.3. The maximum Gasteiger partial charge on any atom is 0.300 e. The minimum Gasteiger partial charge on any atom is -0.354 e. The smallest absolute Gasteiger partial charge is 0.300 e. The van der Waals surface area contributed by atoms with Gasteiger partial charge < -0.3 is 10.3 Å². The van der Waals surface area contributed by atoms with Crippen molar-refractivity contribution in [3.8, 4) is 0 Å². The minimum atomic E-state index is -0.590. The van der Waals surface area contributed by atoms with Gasteiger partial charge in [-0.15, -0.1) is 6.58 Å². The quantitative estimate of drug-likeness (QED) is 0.440. The zero-order valence-corrected chi connectivity index (χ0v) is 8.24. The first kappa shape index (κ1) is 11.0. The number of nitrogens with zero attached hydrogens (tertiary/aromatic N) is 1. The van der Waals surface area contributed by atoms with Crippen molar-refractivity contribution in [1.29, 1.82) is 0 Å². The van der Waals surface area contributed by atoms with Crippen molar-refractivity contribution in [3.63, 3.8) is 0 Å². The van der Waals surface area contributed by atoms with Crippen LogP contribution in [-0.2, 0) is 6.42 Å². The van der Waals surface area contributed by atoms with Crippen molar-refractivity contribution in [3.05, 3.63) is 40.2 Å². The second-order valence-corrected chi connectivity index (χ2v) is 2.88. The highest BCUT2D eigenvalue weighted by Gasteiger charge is 2.22. The van der Waals surface area contributed by atoms with E-state index in [1.54, 1.807) is 6.08 Å². The van der Waals surface area contributed by atoms with Crippen molar-refractivity contribution >= 4 is 11.6 Å². The molecule has 2 N–H and O–H groups in total. The molecule has 0 saturated carbocycles. The molecule has 0 aliphatic rings. The molecule has 1 amide bonds. The third-order valence-electron chi connectivity index (χ3n) is 1.87. The van der Waals surface area contributed by atoms with Gasteiger partial charge in [0, 0.05) is 25.2 Å². The molecule has 0 spiro atoms. The summed E-state index contributed by atoms with van der Waals surface area (Å²) in [5.74, 6) is -0.503. The lowest BCUT2D eigenvalue weighted by atomic mass is 10.3. The number of hydrogen-bond acceptors (Lipinski definition) is 3. The average Bonchev–Trinajstić information content (AvgIpc) is 2.61. The number of rotatable bonds is 4. The lowest BCUT2D eigenvalue weighted by molar-refractivity contribution is -0.385. The molecule has 80 valence electrons. The number of amides is 1. The number of carbonyl (C=O) groups excluding carboxylic acids is 1. The fourth-order valence-electron chi connectivity index (χ4n) is 1.21. The van der Waals surface area contributed by atoms with Gasteiger partial charge in [0.15, 0.2) is 5.69 Å². The van der Waals surface area contributed by atoms with Crippen LogP contribution in [0.25, 0.3) is 0 Å². The second-order valence-electron chi connectivity index (χ2n) is 2.88. The van der Waals surface area contributed by atoms with Crippen LogP contribution >= 0.6 is 0 Å². The normalized spacial score (nSPS) is 9.67. The van der Waals surface area contributed by atoms with Gasteiger partial charge in [0.25, 0.3) is 11.6 Å². The first-order valence-corrected chi connectivity index (χ1v) is 4.29. The molecule has 0 aromatic carbocycles. The summed E-state index contributed by atoms with van der Waals surface area (Å²) in [5, 5.41) is 13.0. The standard InChI is InChI=1S/C9H11N3O3/c1-3-4-6-5-7(12(14)15)8(11-6)9(13)10-2/h3,5,11H,1,4H2,2H3,(H,10,13). The van der Waals surface area contributed by atoms with Crippen LogP contribution in [0.4, 0.5) is 5.69 Å². The molecule has 0 radical (unpaired) electrons. The van der Waals surface area contributed by atoms with Crippen LogP contribution in [0, 0.1) is 10.1 Å². The molecule has 0 unspecified atom stereocenters. The third kappa shape index (κ3) is 2.22. The van der Waals surface area contributed by atoms with Gasteiger partial charge in [-0.3, -0.25) is 14.9 Å². The van der Waals surface area contributed by atoms with Gasteiger partial charge in [-0.2, -0.15) is 0 Å². The molecule has 0 fully saturated rings. The van der Waals surface area contributed by atoms with E-state index in [1.807, 2.05) is 0 Å². The molecule has 6 heteroatoms. The van der Waals surface area contributed by atoms with E-state index in [0.29, 0.717) is 12.1 Å². The number of nitro groups is 1. The summed E-state index contributed by atoms with van der Waals surface area (Å²) in [6.45, 7) is 3.51. The van der Waals surface area contributed by atoms with Crippen molar-refractivity contribution < 1.29 is 9.72 Å². The SMILES string of the molecule is C=CCc1cc([N+](=O)[O-])c(C(=O)NC)[nH]1. The Balaban J connectivity index is 3.16. The number of nitrogens with one attached hydrogen (secondary N) is 2. The zero-order chi connectivity index (χ0) is 11.4. The van der Waals surface area contributed by atoms with E-state index >= 15 is 0 Å². The number of aromatic amines is 1. The van der Waals surface area contributed by atoms with Crippen LogP contribution in [0.3, 0.4) is 0 Å². The molecule has 0 bridgehead atoms. The molecule has 1 rings (SSSR count). The minimum absolute atomic E-state index is 0.0284. The summed E-state index contributed by atoms with van der Waals surface area (Å²) < 4.78 is 0. The summed E-state index contributed by atoms with van der Waals surface area (Å²) >= 11 is 0. The van der Waals surface area contributed by atoms with Crippen LogP contribution in [0.15, 0.2) is 18.7 Å². The zero-order valence-electron chi connectivity index (χ0n) is 8.24. The van der Waals surface area contributed by atoms with E-state index in [0.717, 1.165) is 0 Å². The van der Waals surface area contributed by atoms with E-state index in [4.69, 9.17) is 0 Å². The van der Waals surface area contributed by atoms with Crippen LogP contribution in [-0.4, -0.2) is 22.9 Å². The van der Waals surface area contributed by atoms with Gasteiger partial charge in [-0.1, -0.05) is 6.08 Å². The van der Waals surface area contributed by atoms with Crippen molar-refractivity contribution in [2.75, 3.05) is 7.05 Å². The predicted molar refractivity (Wildman–Crippen MR) is 54.7 cm³/mol. The lowest BCUT2D eigenvalue weighted by Gasteiger charge is -1.95. The van der Waals surface area contributed by atoms with Crippen LogP contribution in [0.2, 0.25) is 0 Å². The Morgan fingerprint density at radius 3 is 2.93 bits per heavy atom. The highest BCUT2D eigenvalue weighted by atomic mass is 16.6. The molecule has 0 atom stereocenters. The summed E-state index contributed by atoms with van der Waals surface area (Å²) in [6.07, 6.45) is 2.06. The average molecular weight is 209 g/mol.